The smallest absolute Gasteiger partial charge is 0.227 e. The molecule has 1 unspecified atom stereocenters. The van der Waals surface area contributed by atoms with Gasteiger partial charge in [-0.2, -0.15) is 0 Å². The van der Waals surface area contributed by atoms with Gasteiger partial charge >= 0.3 is 0 Å². The van der Waals surface area contributed by atoms with Gasteiger partial charge in [0.05, 0.1) is 11.9 Å². The molecule has 1 fully saturated rings. The molecule has 84 valence electrons. The highest BCUT2D eigenvalue weighted by molar-refractivity contribution is 5.99. The van der Waals surface area contributed by atoms with Crippen LogP contribution in [0.3, 0.4) is 0 Å². The summed E-state index contributed by atoms with van der Waals surface area (Å²) in [5.41, 5.74) is 6.61. The number of nitrogens with two attached hydrogens (primary N) is 1. The van der Waals surface area contributed by atoms with E-state index < -0.39 is 0 Å². The molecule has 0 aliphatic carbocycles. The van der Waals surface area contributed by atoms with E-state index >= 15 is 0 Å². The Hall–Kier alpha value is -1.75. The van der Waals surface area contributed by atoms with Crippen LogP contribution in [0.4, 0.5) is 5.69 Å². The highest BCUT2D eigenvalue weighted by atomic mass is 16.2. The van der Waals surface area contributed by atoms with Crippen molar-refractivity contribution in [3.8, 4) is 0 Å². The third kappa shape index (κ3) is 1.81. The number of aromatic nitrogens is 1. The molecule has 0 radical (unpaired) electrons. The summed E-state index contributed by atoms with van der Waals surface area (Å²) in [7, 11) is 0. The van der Waals surface area contributed by atoms with Gasteiger partial charge in [0, 0.05) is 24.7 Å². The van der Waals surface area contributed by atoms with Crippen LogP contribution in [0, 0.1) is 5.92 Å². The van der Waals surface area contributed by atoms with E-state index in [1.807, 2.05) is 0 Å². The van der Waals surface area contributed by atoms with Crippen LogP contribution < -0.4 is 10.6 Å². The number of carbonyl (C=O) groups excluding carboxylic acids is 2. The number of amides is 1. The minimum Gasteiger partial charge on any atom is -0.330 e. The van der Waals surface area contributed by atoms with Crippen LogP contribution in [0.25, 0.3) is 0 Å². The summed E-state index contributed by atoms with van der Waals surface area (Å²) in [5.74, 6) is 0.179. The molecule has 1 aliphatic heterocycles. The Kier molecular flexibility index (Phi) is 2.96. The van der Waals surface area contributed by atoms with Gasteiger partial charge in [0.1, 0.15) is 0 Å². The lowest BCUT2D eigenvalue weighted by atomic mass is 10.1. The first-order chi connectivity index (χ1) is 7.76. The normalized spacial score (nSPS) is 20.2. The van der Waals surface area contributed by atoms with E-state index in [1.54, 1.807) is 17.2 Å². The van der Waals surface area contributed by atoms with Gasteiger partial charge in [-0.3, -0.25) is 14.6 Å². The number of nitrogens with zero attached hydrogens (tertiary/aromatic N) is 2. The predicted octanol–water partition coefficient (Wildman–Crippen LogP) is 0.206. The van der Waals surface area contributed by atoms with E-state index in [-0.39, 0.29) is 11.8 Å². The number of aldehydes is 1. The number of pyridine rings is 1. The molecule has 2 N–H and O–H groups in total. The summed E-state index contributed by atoms with van der Waals surface area (Å²) in [5, 5.41) is 0. The zero-order valence-electron chi connectivity index (χ0n) is 8.80. The van der Waals surface area contributed by atoms with Crippen LogP contribution in [0.5, 0.6) is 0 Å². The SMILES string of the molecule is NCC1CC(=O)N(c2cnccc2C=O)C1. The molecule has 1 saturated heterocycles. The molecule has 2 rings (SSSR count). The number of carbonyl (C=O) groups is 2. The molecule has 0 bridgehead atoms. The minimum absolute atomic E-state index is 0.00606. The van der Waals surface area contributed by atoms with Gasteiger partial charge in [-0.25, -0.2) is 0 Å². The van der Waals surface area contributed by atoms with Crippen LogP contribution >= 0.6 is 0 Å². The monoisotopic (exact) mass is 219 g/mol. The molecule has 5 nitrogen and oxygen atoms in total. The molecule has 5 heteroatoms. The second-order valence-electron chi connectivity index (χ2n) is 3.86. The van der Waals surface area contributed by atoms with Crippen LogP contribution in [0.1, 0.15) is 16.8 Å². The van der Waals surface area contributed by atoms with Gasteiger partial charge in [-0.1, -0.05) is 0 Å². The molecule has 1 amide bonds. The largest absolute Gasteiger partial charge is 0.330 e. The van der Waals surface area contributed by atoms with Gasteiger partial charge in [0.15, 0.2) is 6.29 Å². The van der Waals surface area contributed by atoms with Gasteiger partial charge in [-0.05, 0) is 18.5 Å². The summed E-state index contributed by atoms with van der Waals surface area (Å²) in [6, 6.07) is 1.60. The minimum atomic E-state index is 0.00606. The van der Waals surface area contributed by atoms with E-state index in [2.05, 4.69) is 4.98 Å². The molecule has 1 aromatic rings. The fraction of sp³-hybridized carbons (Fsp3) is 0.364. The average Bonchev–Trinajstić information content (AvgIpc) is 2.70. The fourth-order valence-corrected chi connectivity index (χ4v) is 1.89. The Morgan fingerprint density at radius 2 is 2.44 bits per heavy atom. The first-order valence-electron chi connectivity index (χ1n) is 5.16. The average molecular weight is 219 g/mol. The van der Waals surface area contributed by atoms with Crippen molar-refractivity contribution in [3.63, 3.8) is 0 Å². The number of hydrogen-bond acceptors (Lipinski definition) is 4. The molecular formula is C11H13N3O2. The van der Waals surface area contributed by atoms with Gasteiger partial charge in [0.25, 0.3) is 0 Å². The lowest BCUT2D eigenvalue weighted by Crippen LogP contribution is -2.26. The summed E-state index contributed by atoms with van der Waals surface area (Å²) in [6.45, 7) is 1.06. The van der Waals surface area contributed by atoms with Crippen molar-refractivity contribution in [2.45, 2.75) is 6.42 Å². The Bertz CT molecular complexity index is 419. The predicted molar refractivity (Wildman–Crippen MR) is 59.1 cm³/mol. The summed E-state index contributed by atoms with van der Waals surface area (Å²) < 4.78 is 0. The van der Waals surface area contributed by atoms with Crippen LogP contribution in [0.2, 0.25) is 0 Å². The lowest BCUT2D eigenvalue weighted by molar-refractivity contribution is -0.117. The Labute approximate surface area is 93.3 Å². The third-order valence-corrected chi connectivity index (χ3v) is 2.79. The first kappa shape index (κ1) is 10.8. The fourth-order valence-electron chi connectivity index (χ4n) is 1.89. The maximum absolute atomic E-state index is 11.7. The quantitative estimate of drug-likeness (QED) is 0.737. The molecule has 2 heterocycles. The van der Waals surface area contributed by atoms with Crippen molar-refractivity contribution in [1.82, 2.24) is 4.98 Å². The molecule has 0 aromatic carbocycles. The highest BCUT2D eigenvalue weighted by Gasteiger charge is 2.30. The lowest BCUT2D eigenvalue weighted by Gasteiger charge is -2.17. The molecule has 0 saturated carbocycles. The molecule has 1 aliphatic rings. The maximum atomic E-state index is 11.7. The van der Waals surface area contributed by atoms with E-state index in [1.165, 1.54) is 6.20 Å². The van der Waals surface area contributed by atoms with E-state index in [0.717, 1.165) is 6.29 Å². The van der Waals surface area contributed by atoms with Crippen molar-refractivity contribution in [2.75, 3.05) is 18.0 Å². The molecule has 0 spiro atoms. The zero-order valence-corrected chi connectivity index (χ0v) is 8.80. The van der Waals surface area contributed by atoms with Crippen molar-refractivity contribution in [3.05, 3.63) is 24.0 Å². The second kappa shape index (κ2) is 4.40. The number of anilines is 1. The van der Waals surface area contributed by atoms with Gasteiger partial charge in [0.2, 0.25) is 5.91 Å². The molecule has 1 atom stereocenters. The highest BCUT2D eigenvalue weighted by Crippen LogP contribution is 2.25. The molecule has 1 aromatic heterocycles. The Balaban J connectivity index is 2.31. The van der Waals surface area contributed by atoms with Crippen molar-refractivity contribution >= 4 is 17.9 Å². The first-order valence-corrected chi connectivity index (χ1v) is 5.16. The van der Waals surface area contributed by atoms with Crippen LogP contribution in [-0.2, 0) is 4.79 Å². The van der Waals surface area contributed by atoms with Crippen LogP contribution in [-0.4, -0.2) is 30.3 Å². The maximum Gasteiger partial charge on any atom is 0.227 e. The van der Waals surface area contributed by atoms with Crippen molar-refractivity contribution < 1.29 is 9.59 Å². The number of rotatable bonds is 3. The topological polar surface area (TPSA) is 76.3 Å². The molecular weight excluding hydrogens is 206 g/mol. The van der Waals surface area contributed by atoms with Crippen molar-refractivity contribution in [1.29, 1.82) is 0 Å². The Morgan fingerprint density at radius 1 is 1.62 bits per heavy atom. The van der Waals surface area contributed by atoms with Gasteiger partial charge < -0.3 is 10.6 Å². The van der Waals surface area contributed by atoms with E-state index in [9.17, 15) is 9.59 Å². The number of hydrogen-bond donors (Lipinski definition) is 1. The summed E-state index contributed by atoms with van der Waals surface area (Å²) >= 11 is 0. The zero-order chi connectivity index (χ0) is 11.5. The van der Waals surface area contributed by atoms with Crippen LogP contribution in [0.15, 0.2) is 18.5 Å². The van der Waals surface area contributed by atoms with Gasteiger partial charge in [-0.15, -0.1) is 0 Å². The summed E-state index contributed by atoms with van der Waals surface area (Å²) in [6.07, 6.45) is 4.26. The molecule has 16 heavy (non-hydrogen) atoms. The third-order valence-electron chi connectivity index (χ3n) is 2.79. The summed E-state index contributed by atoms with van der Waals surface area (Å²) in [4.78, 5) is 28.1. The van der Waals surface area contributed by atoms with E-state index in [4.69, 9.17) is 5.73 Å². The second-order valence-corrected chi connectivity index (χ2v) is 3.86. The standard InChI is InChI=1S/C11H13N3O2/c12-4-8-3-11(16)14(6-8)10-5-13-2-1-9(10)7-15/h1-2,5,7-8H,3-4,6,12H2. The Morgan fingerprint density at radius 3 is 3.06 bits per heavy atom. The van der Waals surface area contributed by atoms with Crippen molar-refractivity contribution in [2.24, 2.45) is 11.7 Å². The van der Waals surface area contributed by atoms with E-state index in [0.29, 0.717) is 30.8 Å².